The Morgan fingerprint density at radius 3 is 2.13 bits per heavy atom. The molecule has 15 heavy (non-hydrogen) atoms. The van der Waals surface area contributed by atoms with E-state index in [9.17, 15) is 5.11 Å². The van der Waals surface area contributed by atoms with E-state index < -0.39 is 5.60 Å². The van der Waals surface area contributed by atoms with E-state index in [2.05, 4.69) is 13.8 Å². The maximum Gasteiger partial charge on any atom is 0.0694 e. The third kappa shape index (κ3) is 4.52. The first-order valence-electron chi connectivity index (χ1n) is 6.50. The van der Waals surface area contributed by atoms with Gasteiger partial charge in [-0.2, -0.15) is 0 Å². The van der Waals surface area contributed by atoms with Gasteiger partial charge in [0.15, 0.2) is 0 Å². The van der Waals surface area contributed by atoms with Crippen molar-refractivity contribution in [2.75, 3.05) is 13.2 Å². The molecule has 0 aliphatic carbocycles. The van der Waals surface area contributed by atoms with Crippen LogP contribution in [0.2, 0.25) is 0 Å². The molecular formula is C13H26O2. The van der Waals surface area contributed by atoms with Gasteiger partial charge in [-0.05, 0) is 25.2 Å². The Hall–Kier alpha value is -0.0800. The molecule has 0 unspecified atom stereocenters. The van der Waals surface area contributed by atoms with Crippen LogP contribution in [0.1, 0.15) is 58.8 Å². The second-order valence-corrected chi connectivity index (χ2v) is 4.98. The maximum absolute atomic E-state index is 10.4. The topological polar surface area (TPSA) is 29.5 Å². The van der Waals surface area contributed by atoms with Crippen molar-refractivity contribution >= 4 is 0 Å². The van der Waals surface area contributed by atoms with Crippen LogP contribution < -0.4 is 0 Å². The van der Waals surface area contributed by atoms with Crippen LogP contribution in [0.4, 0.5) is 0 Å². The molecule has 0 aromatic carbocycles. The summed E-state index contributed by atoms with van der Waals surface area (Å²) in [6.45, 7) is 5.94. The molecule has 0 radical (unpaired) electrons. The zero-order valence-electron chi connectivity index (χ0n) is 10.3. The summed E-state index contributed by atoms with van der Waals surface area (Å²) in [7, 11) is 0. The molecule has 0 saturated carbocycles. The van der Waals surface area contributed by atoms with E-state index in [-0.39, 0.29) is 0 Å². The quantitative estimate of drug-likeness (QED) is 0.736. The standard InChI is InChI=1S/C13H26O2/c1-3-5-12(6-4-2)11-13(14)7-9-15-10-8-13/h12,14H,3-11H2,1-2H3. The Kier molecular flexibility index (Phi) is 5.62. The van der Waals surface area contributed by atoms with Crippen LogP contribution in [0.3, 0.4) is 0 Å². The van der Waals surface area contributed by atoms with Gasteiger partial charge in [-0.25, -0.2) is 0 Å². The zero-order valence-corrected chi connectivity index (χ0v) is 10.3. The Balaban J connectivity index is 2.39. The first kappa shape index (κ1) is 13.0. The molecule has 1 fully saturated rings. The summed E-state index contributed by atoms with van der Waals surface area (Å²) in [5.41, 5.74) is -0.423. The van der Waals surface area contributed by atoms with Crippen LogP contribution in [0, 0.1) is 5.92 Å². The van der Waals surface area contributed by atoms with Crippen molar-refractivity contribution in [2.45, 2.75) is 64.4 Å². The number of aliphatic hydroxyl groups is 1. The van der Waals surface area contributed by atoms with E-state index in [0.29, 0.717) is 5.92 Å². The summed E-state index contributed by atoms with van der Waals surface area (Å²) in [5, 5.41) is 10.4. The second kappa shape index (κ2) is 6.49. The SMILES string of the molecule is CCCC(CCC)CC1(O)CCOCC1. The van der Waals surface area contributed by atoms with Gasteiger partial charge >= 0.3 is 0 Å². The summed E-state index contributed by atoms with van der Waals surface area (Å²) < 4.78 is 5.31. The van der Waals surface area contributed by atoms with E-state index in [0.717, 1.165) is 32.5 Å². The predicted molar refractivity (Wildman–Crippen MR) is 62.9 cm³/mol. The minimum absolute atomic E-state index is 0.423. The molecule has 0 amide bonds. The van der Waals surface area contributed by atoms with E-state index in [1.165, 1.54) is 25.7 Å². The van der Waals surface area contributed by atoms with Crippen LogP contribution >= 0.6 is 0 Å². The highest BCUT2D eigenvalue weighted by molar-refractivity contribution is 4.83. The lowest BCUT2D eigenvalue weighted by molar-refractivity contribution is -0.0773. The highest BCUT2D eigenvalue weighted by atomic mass is 16.5. The van der Waals surface area contributed by atoms with Gasteiger partial charge in [-0.1, -0.05) is 39.5 Å². The van der Waals surface area contributed by atoms with E-state index >= 15 is 0 Å². The molecule has 0 bridgehead atoms. The van der Waals surface area contributed by atoms with Crippen LogP contribution in [0.25, 0.3) is 0 Å². The van der Waals surface area contributed by atoms with Gasteiger partial charge in [0.05, 0.1) is 5.60 Å². The Bertz CT molecular complexity index is 156. The third-order valence-electron chi connectivity index (χ3n) is 3.49. The lowest BCUT2D eigenvalue weighted by Crippen LogP contribution is -2.38. The lowest BCUT2D eigenvalue weighted by atomic mass is 9.81. The molecule has 90 valence electrons. The molecule has 0 aromatic rings. The summed E-state index contributed by atoms with van der Waals surface area (Å²) in [5.74, 6) is 0.711. The van der Waals surface area contributed by atoms with Crippen molar-refractivity contribution < 1.29 is 9.84 Å². The summed E-state index contributed by atoms with van der Waals surface area (Å²) in [6, 6.07) is 0. The van der Waals surface area contributed by atoms with E-state index in [1.54, 1.807) is 0 Å². The smallest absolute Gasteiger partial charge is 0.0694 e. The average Bonchev–Trinajstić information content (AvgIpc) is 2.19. The first-order chi connectivity index (χ1) is 7.20. The fourth-order valence-electron chi connectivity index (χ4n) is 2.66. The molecule has 1 aliphatic heterocycles. The highest BCUT2D eigenvalue weighted by Gasteiger charge is 2.31. The third-order valence-corrected chi connectivity index (χ3v) is 3.49. The number of hydrogen-bond acceptors (Lipinski definition) is 2. The van der Waals surface area contributed by atoms with Crippen molar-refractivity contribution in [3.63, 3.8) is 0 Å². The van der Waals surface area contributed by atoms with Crippen molar-refractivity contribution in [3.8, 4) is 0 Å². The first-order valence-corrected chi connectivity index (χ1v) is 6.50. The lowest BCUT2D eigenvalue weighted by Gasteiger charge is -2.35. The van der Waals surface area contributed by atoms with E-state index in [1.807, 2.05) is 0 Å². The van der Waals surface area contributed by atoms with Gasteiger partial charge in [0.2, 0.25) is 0 Å². The van der Waals surface area contributed by atoms with E-state index in [4.69, 9.17) is 4.74 Å². The summed E-state index contributed by atoms with van der Waals surface area (Å²) in [4.78, 5) is 0. The average molecular weight is 214 g/mol. The number of rotatable bonds is 6. The van der Waals surface area contributed by atoms with Gasteiger partial charge in [-0.15, -0.1) is 0 Å². The van der Waals surface area contributed by atoms with Crippen molar-refractivity contribution in [3.05, 3.63) is 0 Å². The molecule has 0 atom stereocenters. The Morgan fingerprint density at radius 1 is 1.13 bits per heavy atom. The summed E-state index contributed by atoms with van der Waals surface area (Å²) in [6.07, 6.45) is 7.63. The second-order valence-electron chi connectivity index (χ2n) is 4.98. The molecule has 2 heteroatoms. The van der Waals surface area contributed by atoms with Gasteiger partial charge in [-0.3, -0.25) is 0 Å². The van der Waals surface area contributed by atoms with Crippen molar-refractivity contribution in [1.82, 2.24) is 0 Å². The van der Waals surface area contributed by atoms with Crippen molar-refractivity contribution in [2.24, 2.45) is 5.92 Å². The van der Waals surface area contributed by atoms with Crippen LogP contribution in [-0.4, -0.2) is 23.9 Å². The maximum atomic E-state index is 10.4. The fourth-order valence-corrected chi connectivity index (χ4v) is 2.66. The monoisotopic (exact) mass is 214 g/mol. The van der Waals surface area contributed by atoms with Gasteiger partial charge < -0.3 is 9.84 Å². The Morgan fingerprint density at radius 2 is 1.67 bits per heavy atom. The van der Waals surface area contributed by atoms with Gasteiger partial charge in [0.25, 0.3) is 0 Å². The van der Waals surface area contributed by atoms with Crippen molar-refractivity contribution in [1.29, 1.82) is 0 Å². The van der Waals surface area contributed by atoms with Gasteiger partial charge in [0, 0.05) is 13.2 Å². The Labute approximate surface area is 94.0 Å². The van der Waals surface area contributed by atoms with Crippen LogP contribution in [-0.2, 0) is 4.74 Å². The minimum atomic E-state index is -0.423. The molecule has 2 nitrogen and oxygen atoms in total. The number of hydrogen-bond donors (Lipinski definition) is 1. The number of ether oxygens (including phenoxy) is 1. The molecule has 1 saturated heterocycles. The summed E-state index contributed by atoms with van der Waals surface area (Å²) >= 11 is 0. The zero-order chi connectivity index (χ0) is 11.1. The molecule has 1 N–H and O–H groups in total. The molecule has 0 spiro atoms. The fraction of sp³-hybridized carbons (Fsp3) is 1.00. The highest BCUT2D eigenvalue weighted by Crippen LogP contribution is 2.31. The minimum Gasteiger partial charge on any atom is -0.390 e. The molecular weight excluding hydrogens is 188 g/mol. The van der Waals surface area contributed by atoms with Crippen LogP contribution in [0.15, 0.2) is 0 Å². The molecule has 1 rings (SSSR count). The largest absolute Gasteiger partial charge is 0.390 e. The normalized spacial score (nSPS) is 20.8. The van der Waals surface area contributed by atoms with Gasteiger partial charge in [0.1, 0.15) is 0 Å². The molecule has 1 aliphatic rings. The molecule has 1 heterocycles. The predicted octanol–water partition coefficient (Wildman–Crippen LogP) is 3.13. The molecule has 0 aromatic heterocycles. The van der Waals surface area contributed by atoms with Crippen LogP contribution in [0.5, 0.6) is 0 Å².